The highest BCUT2D eigenvalue weighted by Crippen LogP contribution is 2.35. The van der Waals surface area contributed by atoms with Crippen LogP contribution < -0.4 is 10.6 Å². The van der Waals surface area contributed by atoms with Crippen LogP contribution in [0.15, 0.2) is 0 Å². The molecule has 1 fully saturated rings. The summed E-state index contributed by atoms with van der Waals surface area (Å²) in [6.07, 6.45) is 4.24. The molecule has 1 aliphatic rings. The van der Waals surface area contributed by atoms with E-state index < -0.39 is 11.4 Å². The fraction of sp³-hybridized carbons (Fsp3) is 0.846. The van der Waals surface area contributed by atoms with Gasteiger partial charge in [0.05, 0.1) is 18.6 Å². The van der Waals surface area contributed by atoms with Crippen molar-refractivity contribution in [2.45, 2.75) is 32.1 Å². The van der Waals surface area contributed by atoms with Crippen molar-refractivity contribution in [2.75, 3.05) is 33.4 Å². The standard InChI is InChI=1S/C13H24N2O4/c1-19-8-7-14-9-11(16)15-10-13(12(17)18)5-3-2-4-6-13/h14H,2-10H2,1H3,(H,15,16)(H,17,18). The summed E-state index contributed by atoms with van der Waals surface area (Å²) < 4.78 is 4.85. The summed E-state index contributed by atoms with van der Waals surface area (Å²) in [4.78, 5) is 23.0. The third kappa shape index (κ3) is 5.16. The van der Waals surface area contributed by atoms with Gasteiger partial charge >= 0.3 is 5.97 Å². The lowest BCUT2D eigenvalue weighted by molar-refractivity contribution is -0.151. The fourth-order valence-corrected chi connectivity index (χ4v) is 2.40. The van der Waals surface area contributed by atoms with Crippen molar-refractivity contribution < 1.29 is 19.4 Å². The number of amides is 1. The molecule has 19 heavy (non-hydrogen) atoms. The minimum atomic E-state index is -0.792. The lowest BCUT2D eigenvalue weighted by Gasteiger charge is -2.33. The highest BCUT2D eigenvalue weighted by Gasteiger charge is 2.39. The number of methoxy groups -OCH3 is 1. The van der Waals surface area contributed by atoms with Gasteiger partial charge in [-0.15, -0.1) is 0 Å². The largest absolute Gasteiger partial charge is 0.481 e. The number of hydrogen-bond acceptors (Lipinski definition) is 4. The van der Waals surface area contributed by atoms with Gasteiger partial charge in [-0.1, -0.05) is 19.3 Å². The van der Waals surface area contributed by atoms with E-state index in [2.05, 4.69) is 10.6 Å². The highest BCUT2D eigenvalue weighted by molar-refractivity contribution is 5.80. The third-order valence-electron chi connectivity index (χ3n) is 3.66. The zero-order chi connectivity index (χ0) is 14.1. The first-order valence-corrected chi connectivity index (χ1v) is 6.80. The van der Waals surface area contributed by atoms with Crippen LogP contribution >= 0.6 is 0 Å². The summed E-state index contributed by atoms with van der Waals surface area (Å²) >= 11 is 0. The van der Waals surface area contributed by atoms with Crippen LogP contribution in [0.3, 0.4) is 0 Å². The average Bonchev–Trinajstić information content (AvgIpc) is 2.42. The summed E-state index contributed by atoms with van der Waals surface area (Å²) in [5.74, 6) is -0.956. The molecule has 6 nitrogen and oxygen atoms in total. The lowest BCUT2D eigenvalue weighted by atomic mass is 9.74. The van der Waals surface area contributed by atoms with Gasteiger partial charge in [-0.25, -0.2) is 0 Å². The predicted octanol–water partition coefficient (Wildman–Crippen LogP) is 0.374. The summed E-state index contributed by atoms with van der Waals surface area (Å²) in [6.45, 7) is 1.58. The SMILES string of the molecule is COCCNCC(=O)NCC1(C(=O)O)CCCCC1. The van der Waals surface area contributed by atoms with E-state index in [9.17, 15) is 14.7 Å². The van der Waals surface area contributed by atoms with Crippen molar-refractivity contribution in [3.05, 3.63) is 0 Å². The number of carbonyl (C=O) groups excluding carboxylic acids is 1. The van der Waals surface area contributed by atoms with E-state index in [4.69, 9.17) is 4.74 Å². The molecule has 0 unspecified atom stereocenters. The topological polar surface area (TPSA) is 87.7 Å². The molecule has 0 aromatic rings. The summed E-state index contributed by atoms with van der Waals surface area (Å²) in [6, 6.07) is 0. The number of carboxylic acid groups (broad SMARTS) is 1. The average molecular weight is 272 g/mol. The van der Waals surface area contributed by atoms with Crippen LogP contribution in [0.4, 0.5) is 0 Å². The van der Waals surface area contributed by atoms with Gasteiger partial charge in [0, 0.05) is 20.2 Å². The maximum absolute atomic E-state index is 11.6. The minimum Gasteiger partial charge on any atom is -0.481 e. The van der Waals surface area contributed by atoms with Gasteiger partial charge in [-0.3, -0.25) is 9.59 Å². The molecule has 0 aromatic carbocycles. The van der Waals surface area contributed by atoms with E-state index in [1.54, 1.807) is 7.11 Å². The Labute approximate surface area is 113 Å². The molecule has 110 valence electrons. The van der Waals surface area contributed by atoms with E-state index >= 15 is 0 Å². The van der Waals surface area contributed by atoms with Crippen LogP contribution in [0.2, 0.25) is 0 Å². The third-order valence-corrected chi connectivity index (χ3v) is 3.66. The number of aliphatic carboxylic acids is 1. The molecular weight excluding hydrogens is 248 g/mol. The predicted molar refractivity (Wildman–Crippen MR) is 70.9 cm³/mol. The van der Waals surface area contributed by atoms with Crippen molar-refractivity contribution in [1.29, 1.82) is 0 Å². The number of nitrogens with one attached hydrogen (secondary N) is 2. The zero-order valence-electron chi connectivity index (χ0n) is 11.5. The Balaban J connectivity index is 2.31. The van der Waals surface area contributed by atoms with Gasteiger partial charge in [0.25, 0.3) is 0 Å². The van der Waals surface area contributed by atoms with Crippen molar-refractivity contribution >= 4 is 11.9 Å². The molecule has 6 heteroatoms. The maximum atomic E-state index is 11.6. The van der Waals surface area contributed by atoms with Crippen LogP contribution in [0.1, 0.15) is 32.1 Å². The molecule has 1 saturated carbocycles. The Kier molecular flexibility index (Phi) is 6.80. The normalized spacial score (nSPS) is 17.9. The first-order valence-electron chi connectivity index (χ1n) is 6.80. The molecule has 0 atom stereocenters. The molecule has 0 aliphatic heterocycles. The Morgan fingerprint density at radius 3 is 2.53 bits per heavy atom. The highest BCUT2D eigenvalue weighted by atomic mass is 16.5. The van der Waals surface area contributed by atoms with Crippen molar-refractivity contribution in [1.82, 2.24) is 10.6 Å². The lowest BCUT2D eigenvalue weighted by Crippen LogP contribution is -2.46. The van der Waals surface area contributed by atoms with Gasteiger partial charge in [-0.05, 0) is 12.8 Å². The van der Waals surface area contributed by atoms with Gasteiger partial charge in [0.2, 0.25) is 5.91 Å². The van der Waals surface area contributed by atoms with E-state index in [1.807, 2.05) is 0 Å². The van der Waals surface area contributed by atoms with Gasteiger partial charge < -0.3 is 20.5 Å². The van der Waals surface area contributed by atoms with Crippen molar-refractivity contribution in [3.63, 3.8) is 0 Å². The smallest absolute Gasteiger partial charge is 0.311 e. The monoisotopic (exact) mass is 272 g/mol. The fourth-order valence-electron chi connectivity index (χ4n) is 2.40. The maximum Gasteiger partial charge on any atom is 0.311 e. The second kappa shape index (κ2) is 8.12. The molecule has 0 spiro atoms. The van der Waals surface area contributed by atoms with Gasteiger partial charge in [0.15, 0.2) is 0 Å². The van der Waals surface area contributed by atoms with Crippen LogP contribution in [0.25, 0.3) is 0 Å². The molecule has 1 rings (SSSR count). The second-order valence-electron chi connectivity index (χ2n) is 5.09. The molecule has 0 saturated heterocycles. The first kappa shape index (κ1) is 15.9. The number of rotatable bonds is 8. The second-order valence-corrected chi connectivity index (χ2v) is 5.09. The minimum absolute atomic E-state index is 0.165. The van der Waals surface area contributed by atoms with Gasteiger partial charge in [-0.2, -0.15) is 0 Å². The Bertz CT molecular complexity index is 301. The molecule has 0 radical (unpaired) electrons. The van der Waals surface area contributed by atoms with Crippen molar-refractivity contribution in [3.8, 4) is 0 Å². The van der Waals surface area contributed by atoms with E-state index in [0.29, 0.717) is 26.0 Å². The Hall–Kier alpha value is -1.14. The first-order chi connectivity index (χ1) is 9.10. The Morgan fingerprint density at radius 1 is 1.26 bits per heavy atom. The molecule has 0 bridgehead atoms. The van der Waals surface area contributed by atoms with E-state index in [1.165, 1.54) is 0 Å². The van der Waals surface area contributed by atoms with Crippen LogP contribution in [0, 0.1) is 5.41 Å². The summed E-state index contributed by atoms with van der Waals surface area (Å²) in [5.41, 5.74) is -0.763. The van der Waals surface area contributed by atoms with Crippen LogP contribution in [0.5, 0.6) is 0 Å². The molecule has 1 amide bonds. The summed E-state index contributed by atoms with van der Waals surface area (Å²) in [5, 5.41) is 15.0. The van der Waals surface area contributed by atoms with Crippen LogP contribution in [-0.2, 0) is 14.3 Å². The Morgan fingerprint density at radius 2 is 1.95 bits per heavy atom. The number of carbonyl (C=O) groups is 2. The molecule has 0 aromatic heterocycles. The molecule has 3 N–H and O–H groups in total. The quantitative estimate of drug-likeness (QED) is 0.556. The number of hydrogen-bond donors (Lipinski definition) is 3. The van der Waals surface area contributed by atoms with E-state index in [0.717, 1.165) is 19.3 Å². The van der Waals surface area contributed by atoms with Gasteiger partial charge in [0.1, 0.15) is 0 Å². The molecular formula is C13H24N2O4. The molecule has 0 heterocycles. The number of ether oxygens (including phenoxy) is 1. The molecule has 1 aliphatic carbocycles. The zero-order valence-corrected chi connectivity index (χ0v) is 11.5. The number of carboxylic acids is 1. The van der Waals surface area contributed by atoms with E-state index in [-0.39, 0.29) is 19.0 Å². The summed E-state index contributed by atoms with van der Waals surface area (Å²) in [7, 11) is 1.60. The van der Waals surface area contributed by atoms with Crippen LogP contribution in [-0.4, -0.2) is 50.3 Å². The van der Waals surface area contributed by atoms with Crippen molar-refractivity contribution in [2.24, 2.45) is 5.41 Å².